The lowest BCUT2D eigenvalue weighted by atomic mass is 9.85. The molecule has 1 aromatic rings. The van der Waals surface area contributed by atoms with E-state index in [4.69, 9.17) is 4.74 Å². The SMILES string of the molecule is COc1cc(CN2CC[C@H]3C[C@@H]2C(=O)N(CC2CC2)C3)ccc1F. The summed E-state index contributed by atoms with van der Waals surface area (Å²) >= 11 is 0. The molecule has 1 aromatic carbocycles. The average molecular weight is 332 g/mol. The van der Waals surface area contributed by atoms with Crippen LogP contribution in [0.25, 0.3) is 0 Å². The number of ether oxygens (including phenoxy) is 1. The Morgan fingerprint density at radius 3 is 2.88 bits per heavy atom. The number of hydrogen-bond donors (Lipinski definition) is 0. The summed E-state index contributed by atoms with van der Waals surface area (Å²) in [4.78, 5) is 17.3. The van der Waals surface area contributed by atoms with Crippen molar-refractivity contribution >= 4 is 5.91 Å². The van der Waals surface area contributed by atoms with Crippen LogP contribution in [0.3, 0.4) is 0 Å². The summed E-state index contributed by atoms with van der Waals surface area (Å²) in [6, 6.07) is 4.98. The number of benzene rings is 1. The Balaban J connectivity index is 1.48. The smallest absolute Gasteiger partial charge is 0.239 e. The third kappa shape index (κ3) is 3.14. The number of nitrogens with zero attached hydrogens (tertiary/aromatic N) is 2. The summed E-state index contributed by atoms with van der Waals surface area (Å²) in [6.07, 6.45) is 4.66. The van der Waals surface area contributed by atoms with Gasteiger partial charge in [-0.05, 0) is 61.8 Å². The number of likely N-dealkylation sites (tertiary alicyclic amines) is 2. The number of halogens is 1. The lowest BCUT2D eigenvalue weighted by Gasteiger charge is -2.46. The lowest BCUT2D eigenvalue weighted by Crippen LogP contribution is -2.58. The lowest BCUT2D eigenvalue weighted by molar-refractivity contribution is -0.146. The molecule has 2 bridgehead atoms. The number of carbonyl (C=O) groups excluding carboxylic acids is 1. The van der Waals surface area contributed by atoms with Gasteiger partial charge < -0.3 is 9.64 Å². The highest BCUT2D eigenvalue weighted by Crippen LogP contribution is 2.35. The summed E-state index contributed by atoms with van der Waals surface area (Å²) < 4.78 is 18.7. The summed E-state index contributed by atoms with van der Waals surface area (Å²) in [7, 11) is 1.48. The first-order valence-electron chi connectivity index (χ1n) is 8.99. The van der Waals surface area contributed by atoms with Gasteiger partial charge in [0.15, 0.2) is 11.6 Å². The Morgan fingerprint density at radius 2 is 2.12 bits per heavy atom. The van der Waals surface area contributed by atoms with Gasteiger partial charge in [0, 0.05) is 19.6 Å². The van der Waals surface area contributed by atoms with E-state index in [0.29, 0.717) is 18.4 Å². The molecular formula is C19H25FN2O2. The topological polar surface area (TPSA) is 32.8 Å². The fourth-order valence-corrected chi connectivity index (χ4v) is 4.13. The molecule has 24 heavy (non-hydrogen) atoms. The predicted molar refractivity (Wildman–Crippen MR) is 89.2 cm³/mol. The molecule has 3 fully saturated rings. The van der Waals surface area contributed by atoms with E-state index in [0.717, 1.165) is 44.0 Å². The van der Waals surface area contributed by atoms with Crippen LogP contribution in [0.15, 0.2) is 18.2 Å². The van der Waals surface area contributed by atoms with Crippen LogP contribution in [0.1, 0.15) is 31.2 Å². The van der Waals surface area contributed by atoms with E-state index in [1.165, 1.54) is 26.0 Å². The molecule has 1 amide bonds. The molecule has 1 saturated carbocycles. The molecule has 0 spiro atoms. The molecule has 4 nitrogen and oxygen atoms in total. The molecule has 1 aliphatic carbocycles. The van der Waals surface area contributed by atoms with Gasteiger partial charge >= 0.3 is 0 Å². The van der Waals surface area contributed by atoms with Gasteiger partial charge in [-0.15, -0.1) is 0 Å². The van der Waals surface area contributed by atoms with E-state index in [-0.39, 0.29) is 17.6 Å². The number of piperidine rings is 2. The zero-order valence-electron chi connectivity index (χ0n) is 14.2. The quantitative estimate of drug-likeness (QED) is 0.831. The van der Waals surface area contributed by atoms with E-state index in [1.807, 2.05) is 0 Å². The van der Waals surface area contributed by atoms with E-state index >= 15 is 0 Å². The number of methoxy groups -OCH3 is 1. The van der Waals surface area contributed by atoms with Crippen LogP contribution in [0.4, 0.5) is 4.39 Å². The maximum Gasteiger partial charge on any atom is 0.239 e. The first kappa shape index (κ1) is 15.9. The molecule has 2 heterocycles. The van der Waals surface area contributed by atoms with Crippen LogP contribution in [0.5, 0.6) is 5.75 Å². The average Bonchev–Trinajstić information content (AvgIpc) is 3.40. The second-order valence-electron chi connectivity index (χ2n) is 7.53. The van der Waals surface area contributed by atoms with Crippen molar-refractivity contribution in [3.63, 3.8) is 0 Å². The van der Waals surface area contributed by atoms with E-state index in [2.05, 4.69) is 9.80 Å². The summed E-state index contributed by atoms with van der Waals surface area (Å²) in [5.41, 5.74) is 0.999. The minimum Gasteiger partial charge on any atom is -0.494 e. The van der Waals surface area contributed by atoms with Crippen molar-refractivity contribution in [2.24, 2.45) is 11.8 Å². The minimum atomic E-state index is -0.343. The van der Waals surface area contributed by atoms with Gasteiger partial charge in [-0.2, -0.15) is 0 Å². The maximum absolute atomic E-state index is 13.6. The van der Waals surface area contributed by atoms with Crippen molar-refractivity contribution in [1.82, 2.24) is 9.80 Å². The fourth-order valence-electron chi connectivity index (χ4n) is 4.13. The second kappa shape index (κ2) is 6.36. The highest BCUT2D eigenvalue weighted by Gasteiger charge is 2.42. The summed E-state index contributed by atoms with van der Waals surface area (Å²) in [6.45, 7) is 3.52. The minimum absolute atomic E-state index is 0.00713. The number of amides is 1. The predicted octanol–water partition coefficient (Wildman–Crippen LogP) is 2.67. The first-order chi connectivity index (χ1) is 11.6. The Kier molecular flexibility index (Phi) is 4.21. The molecule has 0 N–H and O–H groups in total. The van der Waals surface area contributed by atoms with E-state index < -0.39 is 0 Å². The van der Waals surface area contributed by atoms with Crippen LogP contribution in [-0.2, 0) is 11.3 Å². The highest BCUT2D eigenvalue weighted by atomic mass is 19.1. The molecule has 0 radical (unpaired) electrons. The fraction of sp³-hybridized carbons (Fsp3) is 0.632. The van der Waals surface area contributed by atoms with Gasteiger partial charge in [0.05, 0.1) is 13.2 Å². The second-order valence-corrected chi connectivity index (χ2v) is 7.53. The largest absolute Gasteiger partial charge is 0.494 e. The Bertz CT molecular complexity index is 632. The van der Waals surface area contributed by atoms with Crippen molar-refractivity contribution in [3.05, 3.63) is 29.6 Å². The number of hydrogen-bond acceptors (Lipinski definition) is 3. The molecule has 0 aromatic heterocycles. The monoisotopic (exact) mass is 332 g/mol. The number of fused-ring (bicyclic) bond motifs is 2. The van der Waals surface area contributed by atoms with Crippen molar-refractivity contribution in [2.45, 2.75) is 38.3 Å². The summed E-state index contributed by atoms with van der Waals surface area (Å²) in [5.74, 6) is 1.61. The third-order valence-corrected chi connectivity index (χ3v) is 5.67. The van der Waals surface area contributed by atoms with Crippen molar-refractivity contribution < 1.29 is 13.9 Å². The van der Waals surface area contributed by atoms with Crippen molar-refractivity contribution in [1.29, 1.82) is 0 Å². The maximum atomic E-state index is 13.6. The first-order valence-corrected chi connectivity index (χ1v) is 8.99. The van der Waals surface area contributed by atoms with Gasteiger partial charge in [0.1, 0.15) is 0 Å². The number of carbonyl (C=O) groups is 1. The number of rotatable bonds is 5. The van der Waals surface area contributed by atoms with Gasteiger partial charge in [-0.1, -0.05) is 6.07 Å². The molecule has 3 aliphatic rings. The molecule has 4 rings (SSSR count). The van der Waals surface area contributed by atoms with Crippen LogP contribution < -0.4 is 4.74 Å². The van der Waals surface area contributed by atoms with E-state index in [1.54, 1.807) is 12.1 Å². The highest BCUT2D eigenvalue weighted by molar-refractivity contribution is 5.83. The molecule has 5 heteroatoms. The van der Waals surface area contributed by atoms with Crippen LogP contribution in [0, 0.1) is 17.7 Å². The summed E-state index contributed by atoms with van der Waals surface area (Å²) in [5, 5.41) is 0. The molecule has 2 atom stereocenters. The van der Waals surface area contributed by atoms with Gasteiger partial charge in [0.25, 0.3) is 0 Å². The zero-order valence-corrected chi connectivity index (χ0v) is 14.2. The molecular weight excluding hydrogens is 307 g/mol. The Labute approximate surface area is 142 Å². The van der Waals surface area contributed by atoms with Crippen LogP contribution in [-0.4, -0.2) is 48.5 Å². The van der Waals surface area contributed by atoms with Gasteiger partial charge in [-0.3, -0.25) is 9.69 Å². The normalized spacial score (nSPS) is 27.4. The van der Waals surface area contributed by atoms with Crippen molar-refractivity contribution in [2.75, 3.05) is 26.7 Å². The van der Waals surface area contributed by atoms with Gasteiger partial charge in [-0.25, -0.2) is 4.39 Å². The standard InChI is InChI=1S/C19H25FN2O2/c1-24-18-9-14(4-5-16(18)20)11-21-7-6-15-8-17(21)19(23)22(12-15)10-13-2-3-13/h4-5,9,13,15,17H,2-3,6-8,10-12H2,1H3/t15-,17+/m0/s1. The zero-order chi connectivity index (χ0) is 16.7. The Morgan fingerprint density at radius 1 is 1.29 bits per heavy atom. The molecule has 2 aliphatic heterocycles. The van der Waals surface area contributed by atoms with E-state index in [9.17, 15) is 9.18 Å². The Hall–Kier alpha value is -1.62. The van der Waals surface area contributed by atoms with Crippen LogP contribution >= 0.6 is 0 Å². The molecule has 0 unspecified atom stereocenters. The van der Waals surface area contributed by atoms with Crippen LogP contribution in [0.2, 0.25) is 0 Å². The third-order valence-electron chi connectivity index (χ3n) is 5.67. The van der Waals surface area contributed by atoms with Crippen molar-refractivity contribution in [3.8, 4) is 5.75 Å². The van der Waals surface area contributed by atoms with Gasteiger partial charge in [0.2, 0.25) is 5.91 Å². The molecule has 130 valence electrons. The molecule has 2 saturated heterocycles.